The number of hydrogen-bond acceptors (Lipinski definition) is 4. The summed E-state index contributed by atoms with van der Waals surface area (Å²) in [6.45, 7) is 0. The summed E-state index contributed by atoms with van der Waals surface area (Å²) in [6, 6.07) is 9.80. The summed E-state index contributed by atoms with van der Waals surface area (Å²) in [5, 5.41) is 4.08. The molecule has 0 N–H and O–H groups in total. The van der Waals surface area contributed by atoms with Crippen LogP contribution >= 0.6 is 0 Å². The first-order valence-electron chi connectivity index (χ1n) is 6.09. The first kappa shape index (κ1) is 9.76. The van der Waals surface area contributed by atoms with Crippen molar-refractivity contribution in [2.75, 3.05) is 0 Å². The number of benzene rings is 1. The minimum absolute atomic E-state index is 0.569. The average molecular weight is 237 g/mol. The Morgan fingerprint density at radius 3 is 2.72 bits per heavy atom. The number of hydrogen-bond donors (Lipinski definition) is 0. The SMILES string of the molecule is c1ccc2nc(-c3cc(C4CC4)on3)cnc2c1. The molecule has 18 heavy (non-hydrogen) atoms. The fraction of sp³-hybridized carbons (Fsp3) is 0.214. The van der Waals surface area contributed by atoms with Gasteiger partial charge in [-0.3, -0.25) is 4.98 Å². The summed E-state index contributed by atoms with van der Waals surface area (Å²) >= 11 is 0. The number of fused-ring (bicyclic) bond motifs is 1. The zero-order valence-corrected chi connectivity index (χ0v) is 9.71. The molecule has 1 aliphatic carbocycles. The molecule has 1 fully saturated rings. The largest absolute Gasteiger partial charge is 0.360 e. The molecule has 4 nitrogen and oxygen atoms in total. The van der Waals surface area contributed by atoms with Crippen molar-refractivity contribution < 1.29 is 4.52 Å². The van der Waals surface area contributed by atoms with Crippen molar-refractivity contribution in [3.8, 4) is 11.4 Å². The lowest BCUT2D eigenvalue weighted by atomic mass is 10.2. The van der Waals surface area contributed by atoms with Gasteiger partial charge in [-0.1, -0.05) is 17.3 Å². The standard InChI is InChI=1S/C14H11N3O/c1-2-4-11-10(3-1)15-8-13(16-11)12-7-14(18-17-12)9-5-6-9/h1-4,7-9H,5-6H2. The number of para-hydroxylation sites is 2. The second-order valence-corrected chi connectivity index (χ2v) is 4.63. The third-order valence-electron chi connectivity index (χ3n) is 3.22. The highest BCUT2D eigenvalue weighted by molar-refractivity contribution is 5.76. The van der Waals surface area contributed by atoms with Gasteiger partial charge in [-0.2, -0.15) is 0 Å². The van der Waals surface area contributed by atoms with Gasteiger partial charge in [0.15, 0.2) is 0 Å². The molecule has 1 aliphatic rings. The average Bonchev–Trinajstić information content (AvgIpc) is 3.16. The lowest BCUT2D eigenvalue weighted by Gasteiger charge is -1.97. The lowest BCUT2D eigenvalue weighted by molar-refractivity contribution is 0.386. The summed E-state index contributed by atoms with van der Waals surface area (Å²) in [6.07, 6.45) is 4.16. The van der Waals surface area contributed by atoms with Crippen molar-refractivity contribution in [3.63, 3.8) is 0 Å². The zero-order valence-electron chi connectivity index (χ0n) is 9.71. The highest BCUT2D eigenvalue weighted by Gasteiger charge is 2.28. The molecule has 0 radical (unpaired) electrons. The maximum Gasteiger partial charge on any atom is 0.140 e. The monoisotopic (exact) mass is 237 g/mol. The van der Waals surface area contributed by atoms with E-state index in [1.165, 1.54) is 12.8 Å². The Bertz CT molecular complexity index is 716. The van der Waals surface area contributed by atoms with Crippen molar-refractivity contribution in [2.24, 2.45) is 0 Å². The fourth-order valence-corrected chi connectivity index (χ4v) is 2.05. The summed E-state index contributed by atoms with van der Waals surface area (Å²) in [7, 11) is 0. The van der Waals surface area contributed by atoms with Gasteiger partial charge in [0.1, 0.15) is 17.1 Å². The molecule has 0 saturated heterocycles. The van der Waals surface area contributed by atoms with E-state index in [0.29, 0.717) is 5.92 Å². The van der Waals surface area contributed by atoms with Crippen LogP contribution in [-0.4, -0.2) is 15.1 Å². The van der Waals surface area contributed by atoms with Crippen LogP contribution in [0.3, 0.4) is 0 Å². The van der Waals surface area contributed by atoms with Crippen LogP contribution in [0, 0.1) is 0 Å². The second-order valence-electron chi connectivity index (χ2n) is 4.63. The van der Waals surface area contributed by atoms with Gasteiger partial charge in [-0.15, -0.1) is 0 Å². The minimum Gasteiger partial charge on any atom is -0.360 e. The Morgan fingerprint density at radius 2 is 1.89 bits per heavy atom. The molecule has 3 aromatic rings. The van der Waals surface area contributed by atoms with Gasteiger partial charge in [-0.05, 0) is 25.0 Å². The van der Waals surface area contributed by atoms with Gasteiger partial charge in [0, 0.05) is 12.0 Å². The molecular formula is C14H11N3O. The fourth-order valence-electron chi connectivity index (χ4n) is 2.05. The van der Waals surface area contributed by atoms with Crippen LogP contribution in [0.2, 0.25) is 0 Å². The van der Waals surface area contributed by atoms with E-state index in [0.717, 1.165) is 28.2 Å². The predicted octanol–water partition coefficient (Wildman–Crippen LogP) is 3.16. The van der Waals surface area contributed by atoms with Crippen molar-refractivity contribution in [1.29, 1.82) is 0 Å². The third kappa shape index (κ3) is 1.57. The van der Waals surface area contributed by atoms with E-state index in [4.69, 9.17) is 4.52 Å². The van der Waals surface area contributed by atoms with E-state index in [1.807, 2.05) is 30.3 Å². The Hall–Kier alpha value is -2.23. The van der Waals surface area contributed by atoms with E-state index in [1.54, 1.807) is 6.20 Å². The van der Waals surface area contributed by atoms with Gasteiger partial charge in [0.25, 0.3) is 0 Å². The lowest BCUT2D eigenvalue weighted by Crippen LogP contribution is -1.87. The Kier molecular flexibility index (Phi) is 1.97. The van der Waals surface area contributed by atoms with Gasteiger partial charge in [0.2, 0.25) is 0 Å². The normalized spacial score (nSPS) is 15.1. The number of aromatic nitrogens is 3. The van der Waals surface area contributed by atoms with Crippen LogP contribution in [0.5, 0.6) is 0 Å². The van der Waals surface area contributed by atoms with E-state index >= 15 is 0 Å². The molecule has 4 heteroatoms. The van der Waals surface area contributed by atoms with Gasteiger partial charge < -0.3 is 4.52 Å². The first-order chi connectivity index (χ1) is 8.90. The summed E-state index contributed by atoms with van der Waals surface area (Å²) < 4.78 is 5.34. The Balaban J connectivity index is 1.80. The van der Waals surface area contributed by atoms with Crippen LogP contribution in [0.1, 0.15) is 24.5 Å². The highest BCUT2D eigenvalue weighted by Crippen LogP contribution is 2.41. The molecular weight excluding hydrogens is 226 g/mol. The highest BCUT2D eigenvalue weighted by atomic mass is 16.5. The van der Waals surface area contributed by atoms with E-state index < -0.39 is 0 Å². The van der Waals surface area contributed by atoms with E-state index in [9.17, 15) is 0 Å². The quantitative estimate of drug-likeness (QED) is 0.687. The molecule has 0 spiro atoms. The Labute approximate surface area is 104 Å². The predicted molar refractivity (Wildman–Crippen MR) is 67.0 cm³/mol. The maximum absolute atomic E-state index is 5.34. The summed E-state index contributed by atoms with van der Waals surface area (Å²) in [5.41, 5.74) is 3.32. The van der Waals surface area contributed by atoms with Crippen molar-refractivity contribution in [1.82, 2.24) is 15.1 Å². The third-order valence-corrected chi connectivity index (χ3v) is 3.22. The van der Waals surface area contributed by atoms with Crippen LogP contribution in [-0.2, 0) is 0 Å². The molecule has 88 valence electrons. The van der Waals surface area contributed by atoms with Crippen LogP contribution in [0.4, 0.5) is 0 Å². The van der Waals surface area contributed by atoms with Gasteiger partial charge >= 0.3 is 0 Å². The molecule has 1 saturated carbocycles. The molecule has 1 aromatic carbocycles. The van der Waals surface area contributed by atoms with Crippen LogP contribution in [0.15, 0.2) is 41.1 Å². The van der Waals surface area contributed by atoms with Crippen molar-refractivity contribution in [2.45, 2.75) is 18.8 Å². The molecule has 2 heterocycles. The molecule has 2 aromatic heterocycles. The zero-order chi connectivity index (χ0) is 11.9. The molecule has 4 rings (SSSR count). The van der Waals surface area contributed by atoms with Crippen LogP contribution in [0.25, 0.3) is 22.4 Å². The van der Waals surface area contributed by atoms with E-state index in [2.05, 4.69) is 15.1 Å². The minimum atomic E-state index is 0.569. The second kappa shape index (κ2) is 3.63. The molecule has 0 aliphatic heterocycles. The van der Waals surface area contributed by atoms with Crippen molar-refractivity contribution in [3.05, 3.63) is 42.3 Å². The molecule has 0 atom stereocenters. The summed E-state index contributed by atoms with van der Waals surface area (Å²) in [4.78, 5) is 8.94. The molecule has 0 amide bonds. The van der Waals surface area contributed by atoms with E-state index in [-0.39, 0.29) is 0 Å². The number of rotatable bonds is 2. The Morgan fingerprint density at radius 1 is 1.06 bits per heavy atom. The molecule has 0 unspecified atom stereocenters. The maximum atomic E-state index is 5.34. The molecule has 0 bridgehead atoms. The topological polar surface area (TPSA) is 51.8 Å². The number of nitrogens with zero attached hydrogens (tertiary/aromatic N) is 3. The smallest absolute Gasteiger partial charge is 0.140 e. The van der Waals surface area contributed by atoms with Gasteiger partial charge in [-0.25, -0.2) is 4.98 Å². The first-order valence-corrected chi connectivity index (χ1v) is 6.09. The van der Waals surface area contributed by atoms with Crippen LogP contribution < -0.4 is 0 Å². The van der Waals surface area contributed by atoms with Gasteiger partial charge in [0.05, 0.1) is 17.2 Å². The van der Waals surface area contributed by atoms with Crippen molar-refractivity contribution >= 4 is 11.0 Å². The summed E-state index contributed by atoms with van der Waals surface area (Å²) in [5.74, 6) is 1.54.